The van der Waals surface area contributed by atoms with Gasteiger partial charge in [0.15, 0.2) is 0 Å². The van der Waals surface area contributed by atoms with Crippen LogP contribution in [0, 0.1) is 0 Å². The number of phenolic OH excluding ortho intramolecular Hbond substituents is 1. The number of phenols is 1. The second-order valence-electron chi connectivity index (χ2n) is 8.03. The van der Waals surface area contributed by atoms with Crippen LogP contribution in [0.15, 0.2) is 45.6 Å². The van der Waals surface area contributed by atoms with Crippen molar-refractivity contribution in [3.8, 4) is 16.9 Å². The van der Waals surface area contributed by atoms with Crippen molar-refractivity contribution in [2.75, 3.05) is 13.1 Å². The lowest BCUT2D eigenvalue weighted by molar-refractivity contribution is -0.152. The fourth-order valence-electron chi connectivity index (χ4n) is 4.17. The predicted octanol–water partition coefficient (Wildman–Crippen LogP) is 5.45. The number of aromatic hydroxyl groups is 1. The lowest BCUT2D eigenvalue weighted by Crippen LogP contribution is -2.44. The largest absolute Gasteiger partial charge is 0.507 e. The third-order valence-corrected chi connectivity index (χ3v) is 5.66. The summed E-state index contributed by atoms with van der Waals surface area (Å²) in [5.41, 5.74) is -1.51. The van der Waals surface area contributed by atoms with Crippen LogP contribution in [-0.4, -0.2) is 35.3 Å². The lowest BCUT2D eigenvalue weighted by atomic mass is 10.00. The van der Waals surface area contributed by atoms with Gasteiger partial charge in [-0.1, -0.05) is 23.7 Å². The van der Waals surface area contributed by atoms with Gasteiger partial charge in [-0.25, -0.2) is 0 Å². The maximum absolute atomic E-state index is 14.0. The number of halogens is 4. The predicted molar refractivity (Wildman–Crippen MR) is 115 cm³/mol. The van der Waals surface area contributed by atoms with E-state index in [-0.39, 0.29) is 46.6 Å². The highest BCUT2D eigenvalue weighted by Gasteiger charge is 2.40. The Bertz CT molecular complexity index is 1200. The number of nitrogens with zero attached hydrogens (tertiary/aromatic N) is 1. The Hall–Kier alpha value is -2.55. The zero-order valence-corrected chi connectivity index (χ0v) is 18.1. The van der Waals surface area contributed by atoms with E-state index >= 15 is 0 Å². The molecule has 170 valence electrons. The van der Waals surface area contributed by atoms with Crippen molar-refractivity contribution in [3.05, 3.63) is 63.0 Å². The Labute approximate surface area is 187 Å². The lowest BCUT2D eigenvalue weighted by Gasteiger charge is -2.35. The minimum absolute atomic E-state index is 0.0369. The molecule has 2 aromatic carbocycles. The quantitative estimate of drug-likeness (QED) is 0.555. The van der Waals surface area contributed by atoms with Crippen LogP contribution < -0.4 is 5.43 Å². The Morgan fingerprint density at radius 2 is 1.72 bits per heavy atom. The molecular weight excluding hydrogens is 447 g/mol. The minimum Gasteiger partial charge on any atom is -0.507 e. The van der Waals surface area contributed by atoms with Crippen molar-refractivity contribution in [1.29, 1.82) is 0 Å². The fourth-order valence-corrected chi connectivity index (χ4v) is 4.30. The number of morpholine rings is 1. The van der Waals surface area contributed by atoms with Crippen LogP contribution in [0.1, 0.15) is 25.2 Å². The standard InChI is InChI=1S/C23H21ClF3NO4/c1-12-9-28(10-13(2)31-12)11-17-18(29)8-7-16-20(30)19(14-3-5-15(24)6-4-14)22(23(25,26)27)32-21(16)17/h3-8,12-13,29H,9-11H2,1-2H3/t12-,13-/m1/s1. The first-order valence-corrected chi connectivity index (χ1v) is 10.4. The molecule has 9 heteroatoms. The summed E-state index contributed by atoms with van der Waals surface area (Å²) in [6.07, 6.45) is -5.08. The molecule has 1 fully saturated rings. The summed E-state index contributed by atoms with van der Waals surface area (Å²) in [4.78, 5) is 15.2. The summed E-state index contributed by atoms with van der Waals surface area (Å²) in [5, 5.41) is 10.7. The number of hydrogen-bond donors (Lipinski definition) is 1. The van der Waals surface area contributed by atoms with Gasteiger partial charge >= 0.3 is 6.18 Å². The Morgan fingerprint density at radius 3 is 2.31 bits per heavy atom. The molecule has 0 unspecified atom stereocenters. The minimum atomic E-state index is -4.92. The van der Waals surface area contributed by atoms with Crippen LogP contribution in [0.3, 0.4) is 0 Å². The second kappa shape index (κ2) is 8.42. The molecule has 1 saturated heterocycles. The molecule has 1 aliphatic heterocycles. The summed E-state index contributed by atoms with van der Waals surface area (Å²) in [6, 6.07) is 8.08. The van der Waals surface area contributed by atoms with Crippen molar-refractivity contribution >= 4 is 22.6 Å². The van der Waals surface area contributed by atoms with Gasteiger partial charge < -0.3 is 14.3 Å². The van der Waals surface area contributed by atoms with Crippen molar-refractivity contribution in [2.45, 2.75) is 38.8 Å². The van der Waals surface area contributed by atoms with Crippen molar-refractivity contribution < 1.29 is 27.4 Å². The van der Waals surface area contributed by atoms with Gasteiger partial charge in [0.05, 0.1) is 28.7 Å². The summed E-state index contributed by atoms with van der Waals surface area (Å²) in [6.45, 7) is 4.96. The van der Waals surface area contributed by atoms with Crippen molar-refractivity contribution in [2.24, 2.45) is 0 Å². The van der Waals surface area contributed by atoms with Gasteiger partial charge in [0.25, 0.3) is 0 Å². The summed E-state index contributed by atoms with van der Waals surface area (Å²) >= 11 is 5.85. The molecule has 1 aromatic heterocycles. The van der Waals surface area contributed by atoms with Crippen molar-refractivity contribution in [3.63, 3.8) is 0 Å². The summed E-state index contributed by atoms with van der Waals surface area (Å²) < 4.78 is 52.9. The zero-order chi connectivity index (χ0) is 23.2. The zero-order valence-electron chi connectivity index (χ0n) is 17.4. The molecule has 0 radical (unpaired) electrons. The van der Waals surface area contributed by atoms with Gasteiger partial charge in [-0.3, -0.25) is 9.69 Å². The number of fused-ring (bicyclic) bond motifs is 1. The van der Waals surface area contributed by atoms with E-state index in [0.717, 1.165) is 0 Å². The molecule has 1 aliphatic rings. The molecule has 2 atom stereocenters. The van der Waals surface area contributed by atoms with E-state index in [1.54, 1.807) is 0 Å². The van der Waals surface area contributed by atoms with E-state index in [1.807, 2.05) is 18.7 Å². The van der Waals surface area contributed by atoms with Gasteiger partial charge in [0, 0.05) is 24.7 Å². The molecule has 0 amide bonds. The maximum atomic E-state index is 14.0. The monoisotopic (exact) mass is 467 g/mol. The highest BCUT2D eigenvalue weighted by Crippen LogP contribution is 2.39. The van der Waals surface area contributed by atoms with Crippen LogP contribution in [0.5, 0.6) is 5.75 Å². The smallest absolute Gasteiger partial charge is 0.450 e. The Kier molecular flexibility index (Phi) is 5.96. The van der Waals surface area contributed by atoms with Gasteiger partial charge in [-0.05, 0) is 43.7 Å². The topological polar surface area (TPSA) is 62.9 Å². The molecule has 0 aliphatic carbocycles. The molecule has 4 rings (SSSR count). The number of alkyl halides is 3. The molecule has 0 spiro atoms. The van der Waals surface area contributed by atoms with Crippen LogP contribution in [0.25, 0.3) is 22.1 Å². The Balaban J connectivity index is 1.92. The van der Waals surface area contributed by atoms with Crippen LogP contribution in [0.2, 0.25) is 5.02 Å². The number of benzene rings is 2. The van der Waals surface area contributed by atoms with Crippen LogP contribution >= 0.6 is 11.6 Å². The molecule has 0 bridgehead atoms. The summed E-state index contributed by atoms with van der Waals surface area (Å²) in [5.74, 6) is -1.65. The van der Waals surface area contributed by atoms with Gasteiger partial charge in [0.2, 0.25) is 11.2 Å². The molecular formula is C23H21ClF3NO4. The van der Waals surface area contributed by atoms with Gasteiger partial charge in [-0.15, -0.1) is 0 Å². The van der Waals surface area contributed by atoms with E-state index < -0.39 is 22.9 Å². The molecule has 32 heavy (non-hydrogen) atoms. The van der Waals surface area contributed by atoms with E-state index in [1.165, 1.54) is 36.4 Å². The number of hydrogen-bond acceptors (Lipinski definition) is 5. The summed E-state index contributed by atoms with van der Waals surface area (Å²) in [7, 11) is 0. The third kappa shape index (κ3) is 4.35. The first kappa shape index (κ1) is 22.6. The fraction of sp³-hybridized carbons (Fsp3) is 0.348. The van der Waals surface area contributed by atoms with E-state index in [0.29, 0.717) is 18.1 Å². The first-order chi connectivity index (χ1) is 15.0. The Morgan fingerprint density at radius 1 is 1.09 bits per heavy atom. The highest BCUT2D eigenvalue weighted by atomic mass is 35.5. The average molecular weight is 468 g/mol. The van der Waals surface area contributed by atoms with Crippen LogP contribution in [-0.2, 0) is 17.5 Å². The normalized spacial score (nSPS) is 20.1. The first-order valence-electron chi connectivity index (χ1n) is 10.1. The molecule has 5 nitrogen and oxygen atoms in total. The van der Waals surface area contributed by atoms with Crippen LogP contribution in [0.4, 0.5) is 13.2 Å². The molecule has 1 N–H and O–H groups in total. The van der Waals surface area contributed by atoms with E-state index in [4.69, 9.17) is 20.8 Å². The number of ether oxygens (including phenoxy) is 1. The molecule has 2 heterocycles. The second-order valence-corrected chi connectivity index (χ2v) is 8.47. The van der Waals surface area contributed by atoms with E-state index in [2.05, 4.69) is 0 Å². The average Bonchev–Trinajstić information content (AvgIpc) is 2.69. The molecule has 0 saturated carbocycles. The third-order valence-electron chi connectivity index (χ3n) is 5.41. The molecule has 3 aromatic rings. The highest BCUT2D eigenvalue weighted by molar-refractivity contribution is 6.30. The number of rotatable bonds is 3. The van der Waals surface area contributed by atoms with E-state index in [9.17, 15) is 23.1 Å². The van der Waals surface area contributed by atoms with Gasteiger partial charge in [-0.2, -0.15) is 13.2 Å². The SMILES string of the molecule is C[C@@H]1CN(Cc2c(O)ccc3c(=O)c(-c4ccc(Cl)cc4)c(C(F)(F)F)oc23)C[C@@H](C)O1. The maximum Gasteiger partial charge on any atom is 0.450 e. The van der Waals surface area contributed by atoms with Crippen molar-refractivity contribution in [1.82, 2.24) is 4.90 Å². The van der Waals surface area contributed by atoms with Gasteiger partial charge in [0.1, 0.15) is 11.3 Å².